The van der Waals surface area contributed by atoms with Crippen LogP contribution in [0.25, 0.3) is 16.9 Å². The van der Waals surface area contributed by atoms with Crippen molar-refractivity contribution in [3.05, 3.63) is 79.1 Å². The summed E-state index contributed by atoms with van der Waals surface area (Å²) in [5.74, 6) is 2.04. The lowest BCUT2D eigenvalue weighted by atomic mass is 10.1. The standard InChI is InChI=1S/C23H22N8O/c1-32-19-8-2-16(3-9-19)10-11-25-21-20-22(27-14-26-20)30-23(29-21)28-17-4-6-18(7-5-17)31-13-12-24-15-31/h2-9,12-15H,10-11H2,1H3,(H3,25,26,27,28,29,30). The van der Waals surface area contributed by atoms with Gasteiger partial charge >= 0.3 is 0 Å². The van der Waals surface area contributed by atoms with Gasteiger partial charge in [0.25, 0.3) is 0 Å². The number of imidazole rings is 2. The first-order valence-electron chi connectivity index (χ1n) is 10.2. The lowest BCUT2D eigenvalue weighted by Crippen LogP contribution is -2.09. The molecule has 5 aromatic rings. The number of rotatable bonds is 8. The van der Waals surface area contributed by atoms with Crippen molar-refractivity contribution in [2.75, 3.05) is 24.3 Å². The van der Waals surface area contributed by atoms with Crippen LogP contribution in [0, 0.1) is 0 Å². The SMILES string of the molecule is COc1ccc(CCNc2nc(Nc3ccc(-n4ccnc4)cc3)nc3nc[nH]c23)cc1. The molecule has 0 bridgehead atoms. The van der Waals surface area contributed by atoms with Crippen LogP contribution < -0.4 is 15.4 Å². The molecule has 0 amide bonds. The maximum Gasteiger partial charge on any atom is 0.231 e. The molecule has 160 valence electrons. The fourth-order valence-electron chi connectivity index (χ4n) is 3.39. The second-order valence-corrected chi connectivity index (χ2v) is 7.16. The van der Waals surface area contributed by atoms with Gasteiger partial charge in [-0.15, -0.1) is 0 Å². The lowest BCUT2D eigenvalue weighted by molar-refractivity contribution is 0.414. The van der Waals surface area contributed by atoms with E-state index in [1.807, 2.05) is 47.2 Å². The molecule has 3 heterocycles. The number of aromatic amines is 1. The van der Waals surface area contributed by atoms with Crippen LogP contribution in [-0.4, -0.2) is 43.1 Å². The van der Waals surface area contributed by atoms with E-state index in [0.717, 1.165) is 35.6 Å². The average molecular weight is 426 g/mol. The first kappa shape index (κ1) is 19.6. The summed E-state index contributed by atoms with van der Waals surface area (Å²) in [6, 6.07) is 16.0. The predicted octanol–water partition coefficient (Wildman–Crippen LogP) is 3.95. The summed E-state index contributed by atoms with van der Waals surface area (Å²) in [4.78, 5) is 20.7. The Balaban J connectivity index is 1.30. The molecule has 32 heavy (non-hydrogen) atoms. The molecule has 9 heteroatoms. The first-order chi connectivity index (χ1) is 15.8. The molecule has 0 spiro atoms. The fourth-order valence-corrected chi connectivity index (χ4v) is 3.39. The fraction of sp³-hybridized carbons (Fsp3) is 0.130. The van der Waals surface area contributed by atoms with Crippen molar-refractivity contribution in [3.8, 4) is 11.4 Å². The van der Waals surface area contributed by atoms with E-state index in [0.29, 0.717) is 17.4 Å². The number of ether oxygens (including phenoxy) is 1. The van der Waals surface area contributed by atoms with E-state index in [2.05, 4.69) is 47.7 Å². The summed E-state index contributed by atoms with van der Waals surface area (Å²) < 4.78 is 7.16. The molecule has 0 saturated heterocycles. The van der Waals surface area contributed by atoms with Gasteiger partial charge in [0, 0.05) is 30.3 Å². The van der Waals surface area contributed by atoms with Gasteiger partial charge in [0.2, 0.25) is 5.95 Å². The van der Waals surface area contributed by atoms with Gasteiger partial charge in [-0.3, -0.25) is 0 Å². The zero-order valence-corrected chi connectivity index (χ0v) is 17.5. The monoisotopic (exact) mass is 426 g/mol. The van der Waals surface area contributed by atoms with E-state index >= 15 is 0 Å². The van der Waals surface area contributed by atoms with Crippen LogP contribution in [0.1, 0.15) is 5.56 Å². The highest BCUT2D eigenvalue weighted by Gasteiger charge is 2.10. The number of hydrogen-bond donors (Lipinski definition) is 3. The molecule has 5 rings (SSSR count). The second-order valence-electron chi connectivity index (χ2n) is 7.16. The summed E-state index contributed by atoms with van der Waals surface area (Å²) in [6.07, 6.45) is 7.89. The molecule has 9 nitrogen and oxygen atoms in total. The average Bonchev–Trinajstić information content (AvgIpc) is 3.52. The highest BCUT2D eigenvalue weighted by atomic mass is 16.5. The van der Waals surface area contributed by atoms with Gasteiger partial charge in [-0.05, 0) is 48.4 Å². The van der Waals surface area contributed by atoms with E-state index in [1.165, 1.54) is 5.56 Å². The minimum Gasteiger partial charge on any atom is -0.497 e. The number of methoxy groups -OCH3 is 1. The number of fused-ring (bicyclic) bond motifs is 1. The highest BCUT2D eigenvalue weighted by molar-refractivity contribution is 5.84. The van der Waals surface area contributed by atoms with Gasteiger partial charge < -0.3 is 24.9 Å². The Hall–Kier alpha value is -4.40. The van der Waals surface area contributed by atoms with Gasteiger partial charge in [0.05, 0.1) is 19.8 Å². The van der Waals surface area contributed by atoms with Gasteiger partial charge in [-0.25, -0.2) is 9.97 Å². The summed E-state index contributed by atoms with van der Waals surface area (Å²) in [6.45, 7) is 0.719. The Labute approximate surface area is 184 Å². The first-order valence-corrected chi connectivity index (χ1v) is 10.2. The van der Waals surface area contributed by atoms with Crippen LogP contribution in [0.5, 0.6) is 5.75 Å². The largest absolute Gasteiger partial charge is 0.497 e. The third-order valence-electron chi connectivity index (χ3n) is 5.08. The Kier molecular flexibility index (Phi) is 5.36. The van der Waals surface area contributed by atoms with Gasteiger partial charge in [0.15, 0.2) is 11.5 Å². The number of benzene rings is 2. The number of H-pyrrole nitrogens is 1. The van der Waals surface area contributed by atoms with Crippen molar-refractivity contribution in [1.29, 1.82) is 0 Å². The Morgan fingerprint density at radius 1 is 1.03 bits per heavy atom. The number of nitrogens with zero attached hydrogens (tertiary/aromatic N) is 5. The highest BCUT2D eigenvalue weighted by Crippen LogP contribution is 2.22. The van der Waals surface area contributed by atoms with Crippen molar-refractivity contribution in [1.82, 2.24) is 29.5 Å². The maximum absolute atomic E-state index is 5.21. The minimum absolute atomic E-state index is 0.479. The molecule has 0 unspecified atom stereocenters. The molecule has 0 aliphatic rings. The molecule has 0 saturated carbocycles. The molecule has 0 fully saturated rings. The third kappa shape index (κ3) is 4.22. The molecular formula is C23H22N8O. The summed E-state index contributed by atoms with van der Waals surface area (Å²) >= 11 is 0. The summed E-state index contributed by atoms with van der Waals surface area (Å²) in [5, 5.41) is 6.67. The number of hydrogen-bond acceptors (Lipinski definition) is 7. The second kappa shape index (κ2) is 8.76. The van der Waals surface area contributed by atoms with Crippen molar-refractivity contribution >= 4 is 28.6 Å². The van der Waals surface area contributed by atoms with Crippen LogP contribution in [-0.2, 0) is 6.42 Å². The number of nitrogens with one attached hydrogen (secondary N) is 3. The molecule has 0 aliphatic carbocycles. The number of anilines is 3. The zero-order valence-electron chi connectivity index (χ0n) is 17.5. The molecule has 0 atom stereocenters. The topological polar surface area (TPSA) is 106 Å². The molecule has 0 aliphatic heterocycles. The van der Waals surface area contributed by atoms with Gasteiger partial charge in [0.1, 0.15) is 11.3 Å². The number of aromatic nitrogens is 6. The molecular weight excluding hydrogens is 404 g/mol. The quantitative estimate of drug-likeness (QED) is 0.345. The van der Waals surface area contributed by atoms with Gasteiger partial charge in [-0.2, -0.15) is 9.97 Å². The summed E-state index contributed by atoms with van der Waals surface area (Å²) in [7, 11) is 1.67. The Morgan fingerprint density at radius 2 is 1.88 bits per heavy atom. The lowest BCUT2D eigenvalue weighted by Gasteiger charge is -2.10. The van der Waals surface area contributed by atoms with Crippen molar-refractivity contribution in [3.63, 3.8) is 0 Å². The van der Waals surface area contributed by atoms with Gasteiger partial charge in [-0.1, -0.05) is 12.1 Å². The van der Waals surface area contributed by atoms with Crippen LogP contribution in [0.2, 0.25) is 0 Å². The minimum atomic E-state index is 0.479. The van der Waals surface area contributed by atoms with E-state index < -0.39 is 0 Å². The van der Waals surface area contributed by atoms with Crippen molar-refractivity contribution in [2.24, 2.45) is 0 Å². The van der Waals surface area contributed by atoms with E-state index in [1.54, 1.807) is 26.0 Å². The Bertz CT molecular complexity index is 1290. The van der Waals surface area contributed by atoms with E-state index in [-0.39, 0.29) is 0 Å². The zero-order chi connectivity index (χ0) is 21.8. The van der Waals surface area contributed by atoms with E-state index in [4.69, 9.17) is 4.74 Å². The van der Waals surface area contributed by atoms with Crippen molar-refractivity contribution < 1.29 is 4.74 Å². The smallest absolute Gasteiger partial charge is 0.231 e. The maximum atomic E-state index is 5.21. The summed E-state index contributed by atoms with van der Waals surface area (Å²) in [5.41, 5.74) is 4.50. The third-order valence-corrected chi connectivity index (χ3v) is 5.08. The Morgan fingerprint density at radius 3 is 2.62 bits per heavy atom. The molecule has 2 aromatic carbocycles. The van der Waals surface area contributed by atoms with Crippen LogP contribution >= 0.6 is 0 Å². The van der Waals surface area contributed by atoms with Crippen molar-refractivity contribution in [2.45, 2.75) is 6.42 Å². The van der Waals surface area contributed by atoms with Crippen LogP contribution in [0.3, 0.4) is 0 Å². The molecule has 3 aromatic heterocycles. The molecule has 3 N–H and O–H groups in total. The van der Waals surface area contributed by atoms with Crippen LogP contribution in [0.4, 0.5) is 17.5 Å². The predicted molar refractivity (Wildman–Crippen MR) is 124 cm³/mol. The van der Waals surface area contributed by atoms with Crippen LogP contribution in [0.15, 0.2) is 73.6 Å². The normalized spacial score (nSPS) is 10.9. The molecule has 0 radical (unpaired) electrons. The van der Waals surface area contributed by atoms with E-state index in [9.17, 15) is 0 Å².